The molecule has 1 N–H and O–H groups in total. The van der Waals surface area contributed by atoms with Gasteiger partial charge in [0.05, 0.1) is 13.2 Å². The molecule has 1 aliphatic heterocycles. The highest BCUT2D eigenvalue weighted by atomic mass is 16.5. The van der Waals surface area contributed by atoms with Gasteiger partial charge in [0.25, 0.3) is 0 Å². The standard InChI is InChI=1S/C8H10N2O3/c11-8(12)7-1-2-9-10(7)3-6-4-13-5-6/h1-2,6H,3-5H2,(H,11,12). The zero-order chi connectivity index (χ0) is 9.26. The number of rotatable bonds is 3. The molecule has 0 aromatic carbocycles. The molecule has 0 radical (unpaired) electrons. The van der Waals surface area contributed by atoms with Gasteiger partial charge >= 0.3 is 5.97 Å². The van der Waals surface area contributed by atoms with Gasteiger partial charge in [0, 0.05) is 18.7 Å². The number of ether oxygens (including phenoxy) is 1. The molecule has 1 aromatic heterocycles. The molecular weight excluding hydrogens is 172 g/mol. The van der Waals surface area contributed by atoms with Crippen LogP contribution in [0.3, 0.4) is 0 Å². The van der Waals surface area contributed by atoms with Crippen molar-refractivity contribution < 1.29 is 14.6 Å². The zero-order valence-corrected chi connectivity index (χ0v) is 7.01. The van der Waals surface area contributed by atoms with Gasteiger partial charge in [-0.2, -0.15) is 5.10 Å². The average molecular weight is 182 g/mol. The Balaban J connectivity index is 2.09. The summed E-state index contributed by atoms with van der Waals surface area (Å²) < 4.78 is 6.50. The molecule has 0 atom stereocenters. The second-order valence-corrected chi connectivity index (χ2v) is 3.11. The first kappa shape index (κ1) is 8.25. The second kappa shape index (κ2) is 3.18. The summed E-state index contributed by atoms with van der Waals surface area (Å²) >= 11 is 0. The molecule has 0 amide bonds. The van der Waals surface area contributed by atoms with Gasteiger partial charge in [-0.05, 0) is 6.07 Å². The highest BCUT2D eigenvalue weighted by Crippen LogP contribution is 2.13. The summed E-state index contributed by atoms with van der Waals surface area (Å²) in [6.45, 7) is 2.05. The second-order valence-electron chi connectivity index (χ2n) is 3.11. The summed E-state index contributed by atoms with van der Waals surface area (Å²) in [5.41, 5.74) is 0.243. The zero-order valence-electron chi connectivity index (χ0n) is 7.01. The Kier molecular flexibility index (Phi) is 2.02. The highest BCUT2D eigenvalue weighted by Gasteiger charge is 2.21. The van der Waals surface area contributed by atoms with Crippen molar-refractivity contribution in [3.8, 4) is 0 Å². The summed E-state index contributed by atoms with van der Waals surface area (Å²) in [6.07, 6.45) is 1.50. The van der Waals surface area contributed by atoms with Crippen molar-refractivity contribution in [3.63, 3.8) is 0 Å². The smallest absolute Gasteiger partial charge is 0.354 e. The average Bonchev–Trinajstić information content (AvgIpc) is 2.44. The fraction of sp³-hybridized carbons (Fsp3) is 0.500. The summed E-state index contributed by atoms with van der Waals surface area (Å²) in [4.78, 5) is 10.7. The molecule has 1 aliphatic rings. The van der Waals surface area contributed by atoms with E-state index in [4.69, 9.17) is 9.84 Å². The van der Waals surface area contributed by atoms with Crippen LogP contribution in [0.4, 0.5) is 0 Å². The van der Waals surface area contributed by atoms with E-state index in [0.717, 1.165) is 0 Å². The summed E-state index contributed by atoms with van der Waals surface area (Å²) in [6, 6.07) is 1.50. The maximum absolute atomic E-state index is 10.7. The number of carboxylic acids is 1. The van der Waals surface area contributed by atoms with Gasteiger partial charge in [0.1, 0.15) is 5.69 Å². The van der Waals surface area contributed by atoms with Crippen molar-refractivity contribution in [3.05, 3.63) is 18.0 Å². The van der Waals surface area contributed by atoms with Crippen LogP contribution < -0.4 is 0 Å². The van der Waals surface area contributed by atoms with Crippen molar-refractivity contribution in [2.45, 2.75) is 6.54 Å². The molecule has 5 heteroatoms. The number of nitrogens with zero attached hydrogens (tertiary/aromatic N) is 2. The van der Waals surface area contributed by atoms with Crippen molar-refractivity contribution in [2.75, 3.05) is 13.2 Å². The van der Waals surface area contributed by atoms with Crippen molar-refractivity contribution in [1.82, 2.24) is 9.78 Å². The van der Waals surface area contributed by atoms with Crippen LogP contribution >= 0.6 is 0 Å². The van der Waals surface area contributed by atoms with Gasteiger partial charge < -0.3 is 9.84 Å². The molecule has 0 saturated carbocycles. The lowest BCUT2D eigenvalue weighted by Gasteiger charge is -2.25. The Bertz CT molecular complexity index is 317. The Morgan fingerprint density at radius 1 is 1.77 bits per heavy atom. The Morgan fingerprint density at radius 2 is 2.54 bits per heavy atom. The molecule has 0 aliphatic carbocycles. The van der Waals surface area contributed by atoms with Gasteiger partial charge in [0.2, 0.25) is 0 Å². The van der Waals surface area contributed by atoms with E-state index in [2.05, 4.69) is 5.10 Å². The number of hydrogen-bond donors (Lipinski definition) is 1. The topological polar surface area (TPSA) is 64.3 Å². The van der Waals surface area contributed by atoms with E-state index in [9.17, 15) is 4.79 Å². The molecule has 2 rings (SSSR count). The molecule has 70 valence electrons. The lowest BCUT2D eigenvalue weighted by Crippen LogP contribution is -2.32. The van der Waals surface area contributed by atoms with Crippen LogP contribution in [-0.4, -0.2) is 34.1 Å². The predicted molar refractivity (Wildman–Crippen MR) is 43.5 cm³/mol. The number of hydrogen-bond acceptors (Lipinski definition) is 3. The predicted octanol–water partition coefficient (Wildman–Crippen LogP) is 0.228. The van der Waals surface area contributed by atoms with Crippen LogP contribution in [0.15, 0.2) is 12.3 Å². The van der Waals surface area contributed by atoms with Gasteiger partial charge in [-0.15, -0.1) is 0 Å². The fourth-order valence-electron chi connectivity index (χ4n) is 1.29. The van der Waals surface area contributed by atoms with Crippen molar-refractivity contribution in [2.24, 2.45) is 5.92 Å². The third-order valence-electron chi connectivity index (χ3n) is 2.07. The molecule has 1 saturated heterocycles. The largest absolute Gasteiger partial charge is 0.477 e. The SMILES string of the molecule is O=C(O)c1ccnn1CC1COC1. The van der Waals surface area contributed by atoms with Gasteiger partial charge in [-0.25, -0.2) is 4.79 Å². The van der Waals surface area contributed by atoms with E-state index in [-0.39, 0.29) is 5.69 Å². The minimum absolute atomic E-state index is 0.243. The maximum atomic E-state index is 10.7. The van der Waals surface area contributed by atoms with Crippen LogP contribution in [-0.2, 0) is 11.3 Å². The van der Waals surface area contributed by atoms with Crippen LogP contribution in [0, 0.1) is 5.92 Å². The van der Waals surface area contributed by atoms with E-state index in [0.29, 0.717) is 25.7 Å². The third-order valence-corrected chi connectivity index (χ3v) is 2.07. The van der Waals surface area contributed by atoms with Gasteiger partial charge in [-0.1, -0.05) is 0 Å². The number of aromatic nitrogens is 2. The molecule has 0 unspecified atom stereocenters. The van der Waals surface area contributed by atoms with Crippen molar-refractivity contribution >= 4 is 5.97 Å². The fourth-order valence-corrected chi connectivity index (χ4v) is 1.29. The van der Waals surface area contributed by atoms with Crippen molar-refractivity contribution in [1.29, 1.82) is 0 Å². The normalized spacial score (nSPS) is 16.9. The van der Waals surface area contributed by atoms with E-state index in [1.807, 2.05) is 0 Å². The Labute approximate surface area is 74.9 Å². The quantitative estimate of drug-likeness (QED) is 0.726. The molecule has 13 heavy (non-hydrogen) atoms. The molecule has 1 fully saturated rings. The first-order valence-corrected chi connectivity index (χ1v) is 4.10. The molecule has 1 aromatic rings. The number of carboxylic acid groups (broad SMARTS) is 1. The first-order valence-electron chi connectivity index (χ1n) is 4.10. The van der Waals surface area contributed by atoms with Crippen LogP contribution in [0.1, 0.15) is 10.5 Å². The van der Waals surface area contributed by atoms with Crippen LogP contribution in [0.5, 0.6) is 0 Å². The lowest BCUT2D eigenvalue weighted by atomic mass is 10.1. The lowest BCUT2D eigenvalue weighted by molar-refractivity contribution is -0.0412. The Hall–Kier alpha value is -1.36. The van der Waals surface area contributed by atoms with E-state index < -0.39 is 5.97 Å². The monoisotopic (exact) mass is 182 g/mol. The number of aromatic carboxylic acids is 1. The highest BCUT2D eigenvalue weighted by molar-refractivity contribution is 5.85. The van der Waals surface area contributed by atoms with E-state index >= 15 is 0 Å². The molecule has 0 spiro atoms. The summed E-state index contributed by atoms with van der Waals surface area (Å²) in [5, 5.41) is 12.7. The van der Waals surface area contributed by atoms with Gasteiger partial charge in [-0.3, -0.25) is 4.68 Å². The first-order chi connectivity index (χ1) is 6.27. The molecular formula is C8H10N2O3. The number of carbonyl (C=O) groups is 1. The van der Waals surface area contributed by atoms with Crippen LogP contribution in [0.25, 0.3) is 0 Å². The maximum Gasteiger partial charge on any atom is 0.354 e. The minimum atomic E-state index is -0.933. The molecule has 2 heterocycles. The summed E-state index contributed by atoms with van der Waals surface area (Å²) in [5.74, 6) is -0.518. The van der Waals surface area contributed by atoms with Gasteiger partial charge in [0.15, 0.2) is 0 Å². The minimum Gasteiger partial charge on any atom is -0.477 e. The third kappa shape index (κ3) is 1.55. The van der Waals surface area contributed by atoms with Crippen LogP contribution in [0.2, 0.25) is 0 Å². The van der Waals surface area contributed by atoms with E-state index in [1.54, 1.807) is 0 Å². The molecule has 0 bridgehead atoms. The molecule has 5 nitrogen and oxygen atoms in total. The Morgan fingerprint density at radius 3 is 3.08 bits per heavy atom. The van der Waals surface area contributed by atoms with E-state index in [1.165, 1.54) is 16.9 Å². The summed E-state index contributed by atoms with van der Waals surface area (Å²) in [7, 11) is 0.